The summed E-state index contributed by atoms with van der Waals surface area (Å²) in [5.41, 5.74) is 2.07. The number of carbonyl (C=O) groups excluding carboxylic acids is 3. The van der Waals surface area contributed by atoms with Gasteiger partial charge in [-0.1, -0.05) is 36.0 Å². The van der Waals surface area contributed by atoms with Crippen LogP contribution in [-0.4, -0.2) is 46.5 Å². The van der Waals surface area contributed by atoms with Crippen molar-refractivity contribution in [2.45, 2.75) is 32.4 Å². The predicted molar refractivity (Wildman–Crippen MR) is 118 cm³/mol. The van der Waals surface area contributed by atoms with Crippen LogP contribution in [0.25, 0.3) is 0 Å². The summed E-state index contributed by atoms with van der Waals surface area (Å²) in [6, 6.07) is 12.8. The molecule has 0 aliphatic carbocycles. The van der Waals surface area contributed by atoms with Crippen molar-refractivity contribution in [3.63, 3.8) is 0 Å². The first kappa shape index (κ1) is 21.2. The van der Waals surface area contributed by atoms with Crippen LogP contribution >= 0.6 is 11.8 Å². The van der Waals surface area contributed by atoms with Crippen molar-refractivity contribution in [1.29, 1.82) is 0 Å². The highest BCUT2D eigenvalue weighted by molar-refractivity contribution is 8.14. The molecule has 31 heavy (non-hydrogen) atoms. The SMILES string of the molecule is CC1(C)Cc2cccc(OCCNC(=O)c3cccc(CN4C(=O)CSC4=O)c3)c2O1. The molecule has 1 fully saturated rings. The highest BCUT2D eigenvalue weighted by Crippen LogP contribution is 2.41. The van der Waals surface area contributed by atoms with Crippen LogP contribution in [0.2, 0.25) is 0 Å². The third-order valence-corrected chi connectivity index (χ3v) is 5.93. The molecule has 0 bridgehead atoms. The van der Waals surface area contributed by atoms with Gasteiger partial charge in [-0.2, -0.15) is 0 Å². The number of para-hydroxylation sites is 1. The van der Waals surface area contributed by atoms with Crippen molar-refractivity contribution in [1.82, 2.24) is 10.2 Å². The highest BCUT2D eigenvalue weighted by atomic mass is 32.2. The lowest BCUT2D eigenvalue weighted by molar-refractivity contribution is -0.125. The summed E-state index contributed by atoms with van der Waals surface area (Å²) < 4.78 is 11.8. The summed E-state index contributed by atoms with van der Waals surface area (Å²) in [5.74, 6) is 1.18. The number of imide groups is 1. The average Bonchev–Trinajstić information content (AvgIpc) is 3.23. The second kappa shape index (κ2) is 8.63. The second-order valence-corrected chi connectivity index (χ2v) is 9.05. The molecule has 2 aromatic rings. The zero-order chi connectivity index (χ0) is 22.0. The molecule has 2 heterocycles. The van der Waals surface area contributed by atoms with Gasteiger partial charge in [-0.05, 0) is 37.6 Å². The molecule has 2 aliphatic rings. The fraction of sp³-hybridized carbons (Fsp3) is 0.348. The number of thioether (sulfide) groups is 1. The van der Waals surface area contributed by atoms with Gasteiger partial charge >= 0.3 is 0 Å². The van der Waals surface area contributed by atoms with E-state index in [2.05, 4.69) is 5.32 Å². The predicted octanol–water partition coefficient (Wildman–Crippen LogP) is 3.40. The molecule has 0 saturated carbocycles. The minimum atomic E-state index is -0.253. The first-order valence-electron chi connectivity index (χ1n) is 10.1. The Morgan fingerprint density at radius 1 is 1.23 bits per heavy atom. The molecule has 2 aliphatic heterocycles. The minimum absolute atomic E-state index is 0.171. The molecule has 162 valence electrons. The minimum Gasteiger partial charge on any atom is -0.488 e. The van der Waals surface area contributed by atoms with Gasteiger partial charge in [-0.3, -0.25) is 19.3 Å². The van der Waals surface area contributed by atoms with E-state index in [0.29, 0.717) is 24.5 Å². The zero-order valence-corrected chi connectivity index (χ0v) is 18.3. The molecule has 0 spiro atoms. The van der Waals surface area contributed by atoms with E-state index in [0.717, 1.165) is 35.1 Å². The van der Waals surface area contributed by atoms with Crippen molar-refractivity contribution in [3.05, 3.63) is 59.2 Å². The maximum absolute atomic E-state index is 12.5. The summed E-state index contributed by atoms with van der Waals surface area (Å²) in [7, 11) is 0. The monoisotopic (exact) mass is 440 g/mol. The van der Waals surface area contributed by atoms with Gasteiger partial charge in [0.1, 0.15) is 12.2 Å². The van der Waals surface area contributed by atoms with Crippen LogP contribution in [0.3, 0.4) is 0 Å². The molecule has 3 amide bonds. The number of benzene rings is 2. The van der Waals surface area contributed by atoms with Crippen LogP contribution in [0.5, 0.6) is 11.5 Å². The Hall–Kier alpha value is -3.00. The van der Waals surface area contributed by atoms with Gasteiger partial charge in [-0.15, -0.1) is 0 Å². The quantitative estimate of drug-likeness (QED) is 0.665. The Labute approximate surface area is 185 Å². The van der Waals surface area contributed by atoms with Crippen molar-refractivity contribution in [2.24, 2.45) is 0 Å². The first-order chi connectivity index (χ1) is 14.8. The standard InChI is InChI=1S/C23H24N2O5S/c1-23(2)12-17-7-4-8-18(20(17)30-23)29-10-9-24-21(27)16-6-3-5-15(11-16)13-25-19(26)14-31-22(25)28/h3-8,11H,9-10,12-14H2,1-2H3,(H,24,27). The molecular formula is C23H24N2O5S. The molecule has 0 radical (unpaired) electrons. The van der Waals surface area contributed by atoms with Gasteiger partial charge in [0.15, 0.2) is 11.5 Å². The maximum Gasteiger partial charge on any atom is 0.289 e. The van der Waals surface area contributed by atoms with Crippen LogP contribution < -0.4 is 14.8 Å². The first-order valence-corrected chi connectivity index (χ1v) is 11.1. The van der Waals surface area contributed by atoms with E-state index >= 15 is 0 Å². The lowest BCUT2D eigenvalue weighted by Gasteiger charge is -2.18. The molecule has 4 rings (SSSR count). The molecule has 0 aromatic heterocycles. The van der Waals surface area contributed by atoms with Crippen molar-refractivity contribution >= 4 is 28.8 Å². The number of carbonyl (C=O) groups is 3. The number of amides is 3. The molecule has 1 saturated heterocycles. The molecule has 0 atom stereocenters. The van der Waals surface area contributed by atoms with Crippen molar-refractivity contribution in [3.8, 4) is 11.5 Å². The number of nitrogens with one attached hydrogen (secondary N) is 1. The van der Waals surface area contributed by atoms with Gasteiger partial charge in [0.2, 0.25) is 5.91 Å². The Morgan fingerprint density at radius 3 is 2.81 bits per heavy atom. The van der Waals surface area contributed by atoms with Crippen LogP contribution in [0.15, 0.2) is 42.5 Å². The largest absolute Gasteiger partial charge is 0.488 e. The second-order valence-electron chi connectivity index (χ2n) is 8.12. The van der Waals surface area contributed by atoms with Crippen LogP contribution in [0, 0.1) is 0 Å². The number of nitrogens with zero attached hydrogens (tertiary/aromatic N) is 1. The molecule has 2 aromatic carbocycles. The van der Waals surface area contributed by atoms with Gasteiger partial charge in [0, 0.05) is 17.5 Å². The molecular weight excluding hydrogens is 416 g/mol. The van der Waals surface area contributed by atoms with Crippen LogP contribution in [0.1, 0.15) is 35.3 Å². The number of hydrogen-bond acceptors (Lipinski definition) is 6. The van der Waals surface area contributed by atoms with E-state index in [1.807, 2.05) is 32.0 Å². The summed E-state index contributed by atoms with van der Waals surface area (Å²) >= 11 is 0.997. The van der Waals surface area contributed by atoms with Crippen molar-refractivity contribution in [2.75, 3.05) is 18.9 Å². The number of rotatable bonds is 7. The topological polar surface area (TPSA) is 84.9 Å². The fourth-order valence-corrected chi connectivity index (χ4v) is 4.38. The average molecular weight is 441 g/mol. The Balaban J connectivity index is 1.30. The van der Waals surface area contributed by atoms with E-state index < -0.39 is 0 Å². The summed E-state index contributed by atoms with van der Waals surface area (Å²) in [6.07, 6.45) is 0.833. The smallest absolute Gasteiger partial charge is 0.289 e. The number of fused-ring (bicyclic) bond motifs is 1. The Kier molecular flexibility index (Phi) is 5.91. The Bertz CT molecular complexity index is 1020. The van der Waals surface area contributed by atoms with Crippen LogP contribution in [0.4, 0.5) is 4.79 Å². The third kappa shape index (κ3) is 4.85. The molecule has 1 N–H and O–H groups in total. The van der Waals surface area contributed by atoms with Crippen molar-refractivity contribution < 1.29 is 23.9 Å². The van der Waals surface area contributed by atoms with Gasteiger partial charge in [-0.25, -0.2) is 0 Å². The summed E-state index contributed by atoms with van der Waals surface area (Å²) in [5, 5.41) is 2.58. The lowest BCUT2D eigenvalue weighted by atomic mass is 10.0. The van der Waals surface area contributed by atoms with Crippen LogP contribution in [-0.2, 0) is 17.8 Å². The third-order valence-electron chi connectivity index (χ3n) is 5.07. The number of ether oxygens (including phenoxy) is 2. The molecule has 8 heteroatoms. The van der Waals surface area contributed by atoms with E-state index in [1.54, 1.807) is 24.3 Å². The van der Waals surface area contributed by atoms with Gasteiger partial charge in [0.25, 0.3) is 11.1 Å². The Morgan fingerprint density at radius 2 is 2.03 bits per heavy atom. The maximum atomic E-state index is 12.5. The molecule has 7 nitrogen and oxygen atoms in total. The number of hydrogen-bond donors (Lipinski definition) is 1. The highest BCUT2D eigenvalue weighted by Gasteiger charge is 2.32. The fourth-order valence-electron chi connectivity index (χ4n) is 3.66. The zero-order valence-electron chi connectivity index (χ0n) is 17.5. The van der Waals surface area contributed by atoms with Gasteiger partial charge in [0.05, 0.1) is 18.8 Å². The molecule has 0 unspecified atom stereocenters. The van der Waals surface area contributed by atoms with E-state index in [-0.39, 0.29) is 35.0 Å². The summed E-state index contributed by atoms with van der Waals surface area (Å²) in [4.78, 5) is 37.3. The van der Waals surface area contributed by atoms with E-state index in [1.165, 1.54) is 4.90 Å². The normalized spacial score (nSPS) is 16.8. The van der Waals surface area contributed by atoms with E-state index in [9.17, 15) is 14.4 Å². The summed E-state index contributed by atoms with van der Waals surface area (Å²) in [6.45, 7) is 4.89. The van der Waals surface area contributed by atoms with Gasteiger partial charge < -0.3 is 14.8 Å². The van der Waals surface area contributed by atoms with E-state index in [4.69, 9.17) is 9.47 Å². The lowest BCUT2D eigenvalue weighted by Crippen LogP contribution is -2.29.